The molecule has 3 N–H and O–H groups in total. The zero-order valence-corrected chi connectivity index (χ0v) is 20.1. The van der Waals surface area contributed by atoms with Gasteiger partial charge in [0.25, 0.3) is 0 Å². The van der Waals surface area contributed by atoms with E-state index in [2.05, 4.69) is 5.32 Å². The number of hydrogen-bond donors (Lipinski definition) is 3. The largest absolute Gasteiger partial charge is 0.465 e. The van der Waals surface area contributed by atoms with Gasteiger partial charge in [0.15, 0.2) is 0 Å². The molecule has 1 aliphatic rings. The standard InChI is InChI=1S/C23H34ClN3O5/c1-23(2,3)27(22(31)32)18-12-15(21(30)26(4)5)8-11-17(18)25-20(29)13-19(28)14-6-9-16(24)10-7-14/h6-7,9-10,15,17-19,28H,8,11-13H2,1-5H3,(H,25,29)(H,31,32)/t15-,17-,18+,19?/m0/s1. The Kier molecular flexibility index (Phi) is 8.54. The topological polar surface area (TPSA) is 110 Å². The molecule has 0 bridgehead atoms. The summed E-state index contributed by atoms with van der Waals surface area (Å²) in [6.45, 7) is 5.38. The highest BCUT2D eigenvalue weighted by molar-refractivity contribution is 6.30. The zero-order chi connectivity index (χ0) is 24.2. The van der Waals surface area contributed by atoms with Crippen molar-refractivity contribution in [3.05, 3.63) is 34.9 Å². The van der Waals surface area contributed by atoms with Crippen LogP contribution in [0.1, 0.15) is 58.1 Å². The second-order valence-electron chi connectivity index (χ2n) is 9.58. The lowest BCUT2D eigenvalue weighted by atomic mass is 9.79. The number of rotatable bonds is 6. The molecule has 0 saturated heterocycles. The molecular formula is C23H34ClN3O5. The van der Waals surface area contributed by atoms with Crippen LogP contribution in [0.5, 0.6) is 0 Å². The molecule has 0 radical (unpaired) electrons. The zero-order valence-electron chi connectivity index (χ0n) is 19.3. The van der Waals surface area contributed by atoms with E-state index in [0.29, 0.717) is 29.8 Å². The molecule has 0 spiro atoms. The smallest absolute Gasteiger partial charge is 0.408 e. The summed E-state index contributed by atoms with van der Waals surface area (Å²) in [6.07, 6.45) is -0.914. The molecule has 3 amide bonds. The number of amides is 3. The number of nitrogens with one attached hydrogen (secondary N) is 1. The Labute approximate surface area is 194 Å². The number of carboxylic acid groups (broad SMARTS) is 1. The summed E-state index contributed by atoms with van der Waals surface area (Å²) in [5.41, 5.74) is -0.144. The first kappa shape index (κ1) is 25.9. The predicted octanol–water partition coefficient (Wildman–Crippen LogP) is 3.28. The van der Waals surface area contributed by atoms with Crippen LogP contribution in [0.3, 0.4) is 0 Å². The van der Waals surface area contributed by atoms with Gasteiger partial charge in [0.1, 0.15) is 0 Å². The first-order valence-corrected chi connectivity index (χ1v) is 11.2. The highest BCUT2D eigenvalue weighted by Gasteiger charge is 2.43. The third-order valence-corrected chi connectivity index (χ3v) is 6.10. The lowest BCUT2D eigenvalue weighted by Crippen LogP contribution is -2.62. The van der Waals surface area contributed by atoms with E-state index in [1.165, 1.54) is 9.80 Å². The summed E-state index contributed by atoms with van der Waals surface area (Å²) >= 11 is 5.87. The van der Waals surface area contributed by atoms with Gasteiger partial charge in [-0.2, -0.15) is 0 Å². The molecule has 8 nitrogen and oxygen atoms in total. The molecule has 1 unspecified atom stereocenters. The van der Waals surface area contributed by atoms with E-state index in [0.717, 1.165) is 0 Å². The van der Waals surface area contributed by atoms with E-state index in [1.54, 1.807) is 59.1 Å². The fourth-order valence-corrected chi connectivity index (χ4v) is 4.49. The third kappa shape index (κ3) is 6.59. The van der Waals surface area contributed by atoms with Gasteiger partial charge in [0.05, 0.1) is 18.6 Å². The minimum atomic E-state index is -1.10. The lowest BCUT2D eigenvalue weighted by molar-refractivity contribution is -0.135. The maximum atomic E-state index is 12.7. The van der Waals surface area contributed by atoms with E-state index in [9.17, 15) is 24.6 Å². The Bertz CT molecular complexity index is 822. The van der Waals surface area contributed by atoms with E-state index in [4.69, 9.17) is 11.6 Å². The molecule has 0 heterocycles. The molecule has 178 valence electrons. The predicted molar refractivity (Wildman–Crippen MR) is 122 cm³/mol. The number of nitrogens with zero attached hydrogens (tertiary/aromatic N) is 2. The molecule has 0 aromatic heterocycles. The number of halogens is 1. The van der Waals surface area contributed by atoms with Crippen LogP contribution in [0.2, 0.25) is 5.02 Å². The fourth-order valence-electron chi connectivity index (χ4n) is 4.36. The van der Waals surface area contributed by atoms with Gasteiger partial charge < -0.3 is 20.4 Å². The molecule has 4 atom stereocenters. The van der Waals surface area contributed by atoms with Crippen molar-refractivity contribution in [3.8, 4) is 0 Å². The first-order valence-electron chi connectivity index (χ1n) is 10.8. The van der Waals surface area contributed by atoms with Crippen LogP contribution in [0, 0.1) is 5.92 Å². The fraction of sp³-hybridized carbons (Fsp3) is 0.609. The van der Waals surface area contributed by atoms with Gasteiger partial charge in [0, 0.05) is 36.6 Å². The SMILES string of the molecule is CN(C)C(=O)[C@H]1CC[C@H](NC(=O)CC(O)c2ccc(Cl)cc2)[C@H](N(C(=O)O)C(C)(C)C)C1. The molecular weight excluding hydrogens is 434 g/mol. The Morgan fingerprint density at radius 2 is 1.75 bits per heavy atom. The van der Waals surface area contributed by atoms with Gasteiger partial charge in [-0.1, -0.05) is 23.7 Å². The van der Waals surface area contributed by atoms with Crippen molar-refractivity contribution in [2.75, 3.05) is 14.1 Å². The summed E-state index contributed by atoms with van der Waals surface area (Å²) in [5.74, 6) is -0.733. The summed E-state index contributed by atoms with van der Waals surface area (Å²) < 4.78 is 0. The number of aliphatic hydroxyl groups is 1. The summed E-state index contributed by atoms with van der Waals surface area (Å²) in [6, 6.07) is 5.59. The maximum Gasteiger partial charge on any atom is 0.408 e. The van der Waals surface area contributed by atoms with Crippen LogP contribution in [0.25, 0.3) is 0 Å². The highest BCUT2D eigenvalue weighted by atomic mass is 35.5. The Balaban J connectivity index is 2.19. The van der Waals surface area contributed by atoms with Crippen LogP contribution in [0.4, 0.5) is 4.79 Å². The van der Waals surface area contributed by atoms with Crippen molar-refractivity contribution in [2.45, 2.75) is 70.2 Å². The highest BCUT2D eigenvalue weighted by Crippen LogP contribution is 2.33. The molecule has 1 aliphatic carbocycles. The summed E-state index contributed by atoms with van der Waals surface area (Å²) in [7, 11) is 3.37. The molecule has 1 aromatic carbocycles. The molecule has 1 saturated carbocycles. The van der Waals surface area contributed by atoms with Gasteiger partial charge in [-0.25, -0.2) is 4.79 Å². The van der Waals surface area contributed by atoms with Crippen molar-refractivity contribution in [3.63, 3.8) is 0 Å². The van der Waals surface area contributed by atoms with Crippen molar-refractivity contribution < 1.29 is 24.6 Å². The van der Waals surface area contributed by atoms with Gasteiger partial charge in [-0.15, -0.1) is 0 Å². The van der Waals surface area contributed by atoms with Crippen molar-refractivity contribution in [1.82, 2.24) is 15.1 Å². The average molecular weight is 468 g/mol. The van der Waals surface area contributed by atoms with E-state index in [-0.39, 0.29) is 24.2 Å². The second-order valence-corrected chi connectivity index (χ2v) is 10.0. The third-order valence-electron chi connectivity index (χ3n) is 5.85. The summed E-state index contributed by atoms with van der Waals surface area (Å²) in [5, 5.41) is 23.8. The van der Waals surface area contributed by atoms with Crippen molar-refractivity contribution in [1.29, 1.82) is 0 Å². The van der Waals surface area contributed by atoms with Gasteiger partial charge in [-0.05, 0) is 57.7 Å². The molecule has 9 heteroatoms. The molecule has 32 heavy (non-hydrogen) atoms. The van der Waals surface area contributed by atoms with Gasteiger partial charge in [0.2, 0.25) is 11.8 Å². The molecule has 2 rings (SSSR count). The minimum absolute atomic E-state index is 0.0443. The Hall–Kier alpha value is -2.32. The first-order chi connectivity index (χ1) is 14.8. The van der Waals surface area contributed by atoms with E-state index in [1.807, 2.05) is 0 Å². The lowest BCUT2D eigenvalue weighted by Gasteiger charge is -2.47. The van der Waals surface area contributed by atoms with Crippen LogP contribution in [0.15, 0.2) is 24.3 Å². The van der Waals surface area contributed by atoms with Crippen LogP contribution in [-0.4, -0.2) is 69.6 Å². The van der Waals surface area contributed by atoms with Crippen LogP contribution >= 0.6 is 11.6 Å². The van der Waals surface area contributed by atoms with E-state index < -0.39 is 29.8 Å². The van der Waals surface area contributed by atoms with Gasteiger partial charge >= 0.3 is 6.09 Å². The Morgan fingerprint density at radius 3 is 2.25 bits per heavy atom. The Morgan fingerprint density at radius 1 is 1.16 bits per heavy atom. The maximum absolute atomic E-state index is 12.7. The number of benzene rings is 1. The van der Waals surface area contributed by atoms with Crippen molar-refractivity contribution >= 4 is 29.5 Å². The van der Waals surface area contributed by atoms with Crippen LogP contribution < -0.4 is 5.32 Å². The monoisotopic (exact) mass is 467 g/mol. The summed E-state index contributed by atoms with van der Waals surface area (Å²) in [4.78, 5) is 40.3. The molecule has 1 fully saturated rings. The van der Waals surface area contributed by atoms with Gasteiger partial charge in [-0.3, -0.25) is 14.5 Å². The molecule has 0 aliphatic heterocycles. The van der Waals surface area contributed by atoms with Crippen molar-refractivity contribution in [2.24, 2.45) is 5.92 Å². The number of aliphatic hydroxyl groups excluding tert-OH is 1. The van der Waals surface area contributed by atoms with Crippen LogP contribution in [-0.2, 0) is 9.59 Å². The molecule has 1 aromatic rings. The van der Waals surface area contributed by atoms with E-state index >= 15 is 0 Å². The second kappa shape index (κ2) is 10.5. The number of carbonyl (C=O) groups excluding carboxylic acids is 2. The number of carbonyl (C=O) groups is 3. The normalized spacial score (nSPS) is 22.0. The average Bonchev–Trinajstić information content (AvgIpc) is 2.67. The quantitative estimate of drug-likeness (QED) is 0.594. The minimum Gasteiger partial charge on any atom is -0.465 e. The number of hydrogen-bond acceptors (Lipinski definition) is 4.